The van der Waals surface area contributed by atoms with Crippen molar-refractivity contribution in [1.82, 2.24) is 4.57 Å². The number of esters is 1. The van der Waals surface area contributed by atoms with E-state index < -0.39 is 12.6 Å². The first-order chi connectivity index (χ1) is 15.9. The Morgan fingerprint density at radius 2 is 1.61 bits per heavy atom. The number of benzene rings is 2. The normalized spacial score (nSPS) is 12.2. The molecule has 0 radical (unpaired) electrons. The van der Waals surface area contributed by atoms with Crippen molar-refractivity contribution in [2.24, 2.45) is 0 Å². The molecule has 3 aromatic rings. The summed E-state index contributed by atoms with van der Waals surface area (Å²) in [6, 6.07) is 12.4. The van der Waals surface area contributed by atoms with Gasteiger partial charge < -0.3 is 28.3 Å². The largest absolute Gasteiger partial charge is 0.496 e. The molecule has 0 atom stereocenters. The molecule has 1 aliphatic heterocycles. The maximum atomic E-state index is 12.9. The lowest BCUT2D eigenvalue weighted by Gasteiger charge is -2.20. The zero-order valence-electron chi connectivity index (χ0n) is 19.0. The summed E-state index contributed by atoms with van der Waals surface area (Å²) in [5, 5.41) is 0. The van der Waals surface area contributed by atoms with Gasteiger partial charge in [-0.2, -0.15) is 0 Å². The number of aryl methyl sites for hydroxylation is 1. The summed E-state index contributed by atoms with van der Waals surface area (Å²) in [5.74, 6) is 0.973. The van der Waals surface area contributed by atoms with Crippen molar-refractivity contribution in [1.29, 1.82) is 0 Å². The molecule has 0 aliphatic carbocycles. The van der Waals surface area contributed by atoms with Gasteiger partial charge in [0, 0.05) is 28.7 Å². The minimum absolute atomic E-state index is 0.136. The monoisotopic (exact) mass is 451 g/mol. The van der Waals surface area contributed by atoms with Crippen molar-refractivity contribution in [3.05, 3.63) is 65.0 Å². The molecule has 2 heterocycles. The second-order valence-corrected chi connectivity index (χ2v) is 7.49. The Bertz CT molecular complexity index is 1190. The number of carbonyl (C=O) groups is 2. The van der Waals surface area contributed by atoms with E-state index >= 15 is 0 Å². The van der Waals surface area contributed by atoms with Crippen LogP contribution in [-0.4, -0.2) is 50.4 Å². The summed E-state index contributed by atoms with van der Waals surface area (Å²) < 4.78 is 29.0. The maximum absolute atomic E-state index is 12.9. The van der Waals surface area contributed by atoms with Crippen LogP contribution in [0.4, 0.5) is 0 Å². The van der Waals surface area contributed by atoms with Crippen molar-refractivity contribution < 1.29 is 33.3 Å². The SMILES string of the molecule is COc1cccc(OC)c1C(=O)OCC(=O)c1cc(C)n(-c2ccc3c(c2)OCCO3)c1C. The summed E-state index contributed by atoms with van der Waals surface area (Å²) in [6.07, 6.45) is 0. The second-order valence-electron chi connectivity index (χ2n) is 7.49. The third-order valence-corrected chi connectivity index (χ3v) is 5.48. The van der Waals surface area contributed by atoms with Gasteiger partial charge in [0.25, 0.3) is 0 Å². The van der Waals surface area contributed by atoms with Gasteiger partial charge in [-0.25, -0.2) is 4.79 Å². The number of nitrogens with zero attached hydrogens (tertiary/aromatic N) is 1. The van der Waals surface area contributed by atoms with E-state index in [4.69, 9.17) is 23.7 Å². The number of Topliss-reactive ketones (excluding diaryl/α,β-unsaturated/α-hetero) is 1. The Morgan fingerprint density at radius 3 is 2.27 bits per heavy atom. The van der Waals surface area contributed by atoms with Crippen molar-refractivity contribution in [2.45, 2.75) is 13.8 Å². The highest BCUT2D eigenvalue weighted by Crippen LogP contribution is 2.34. The molecule has 2 aromatic carbocycles. The van der Waals surface area contributed by atoms with Crippen LogP contribution in [0, 0.1) is 13.8 Å². The van der Waals surface area contributed by atoms with Crippen LogP contribution in [0.1, 0.15) is 32.1 Å². The van der Waals surface area contributed by atoms with E-state index in [1.54, 1.807) is 24.3 Å². The third kappa shape index (κ3) is 4.24. The predicted molar refractivity (Wildman–Crippen MR) is 120 cm³/mol. The molecule has 0 fully saturated rings. The highest BCUT2D eigenvalue weighted by molar-refractivity contribution is 6.01. The molecule has 0 amide bonds. The molecule has 0 bridgehead atoms. The van der Waals surface area contributed by atoms with Gasteiger partial charge in [0.1, 0.15) is 30.3 Å². The fourth-order valence-corrected chi connectivity index (χ4v) is 3.95. The first-order valence-corrected chi connectivity index (χ1v) is 10.4. The molecule has 0 unspecified atom stereocenters. The zero-order chi connectivity index (χ0) is 23.5. The van der Waals surface area contributed by atoms with E-state index in [-0.39, 0.29) is 11.3 Å². The van der Waals surface area contributed by atoms with E-state index in [2.05, 4.69) is 0 Å². The standard InChI is InChI=1S/C25H25NO7/c1-15-12-18(16(2)26(15)17-8-9-20-23(13-17)32-11-10-31-20)19(27)14-33-25(28)24-21(29-3)6-5-7-22(24)30-4/h5-9,12-13H,10-11,14H2,1-4H3. The van der Waals surface area contributed by atoms with Crippen LogP contribution in [-0.2, 0) is 4.74 Å². The van der Waals surface area contributed by atoms with Gasteiger partial charge in [-0.1, -0.05) is 6.07 Å². The smallest absolute Gasteiger partial charge is 0.346 e. The van der Waals surface area contributed by atoms with Gasteiger partial charge in [-0.05, 0) is 44.2 Å². The topological polar surface area (TPSA) is 85.2 Å². The van der Waals surface area contributed by atoms with E-state index in [0.717, 1.165) is 17.1 Å². The number of fused-ring (bicyclic) bond motifs is 1. The Labute approximate surface area is 191 Å². The lowest BCUT2D eigenvalue weighted by molar-refractivity contribution is 0.0468. The van der Waals surface area contributed by atoms with Gasteiger partial charge in [-0.3, -0.25) is 4.79 Å². The predicted octanol–water partition coefficient (Wildman–Crippen LogP) is 3.92. The highest BCUT2D eigenvalue weighted by Gasteiger charge is 2.23. The summed E-state index contributed by atoms with van der Waals surface area (Å²) in [6.45, 7) is 4.36. The Hall–Kier alpha value is -3.94. The minimum atomic E-state index is -0.696. The van der Waals surface area contributed by atoms with Gasteiger partial charge >= 0.3 is 5.97 Å². The number of hydrogen-bond donors (Lipinski definition) is 0. The molecule has 4 rings (SSSR count). The minimum Gasteiger partial charge on any atom is -0.496 e. The summed E-state index contributed by atoms with van der Waals surface area (Å²) in [4.78, 5) is 25.6. The summed E-state index contributed by atoms with van der Waals surface area (Å²) >= 11 is 0. The molecule has 33 heavy (non-hydrogen) atoms. The fraction of sp³-hybridized carbons (Fsp3) is 0.280. The van der Waals surface area contributed by atoms with Crippen LogP contribution >= 0.6 is 0 Å². The van der Waals surface area contributed by atoms with E-state index in [1.807, 2.05) is 36.6 Å². The number of rotatable bonds is 7. The van der Waals surface area contributed by atoms with Crippen LogP contribution in [0.5, 0.6) is 23.0 Å². The number of aromatic nitrogens is 1. The fourth-order valence-electron chi connectivity index (χ4n) is 3.95. The maximum Gasteiger partial charge on any atom is 0.346 e. The molecule has 172 valence electrons. The highest BCUT2D eigenvalue weighted by atomic mass is 16.6. The average molecular weight is 451 g/mol. The molecule has 1 aromatic heterocycles. The second kappa shape index (κ2) is 9.28. The Kier molecular flexibility index (Phi) is 6.26. The summed E-state index contributed by atoms with van der Waals surface area (Å²) in [7, 11) is 2.90. The van der Waals surface area contributed by atoms with E-state index in [9.17, 15) is 9.59 Å². The molecule has 0 saturated heterocycles. The number of ketones is 1. The van der Waals surface area contributed by atoms with Gasteiger partial charge in [-0.15, -0.1) is 0 Å². The molecule has 1 aliphatic rings. The lowest BCUT2D eigenvalue weighted by Crippen LogP contribution is -2.16. The number of ether oxygens (including phenoxy) is 5. The van der Waals surface area contributed by atoms with Crippen molar-refractivity contribution in [3.8, 4) is 28.7 Å². The van der Waals surface area contributed by atoms with E-state index in [0.29, 0.717) is 41.8 Å². The molecule has 8 nitrogen and oxygen atoms in total. The van der Waals surface area contributed by atoms with Crippen LogP contribution in [0.15, 0.2) is 42.5 Å². The van der Waals surface area contributed by atoms with Crippen molar-refractivity contribution in [3.63, 3.8) is 0 Å². The van der Waals surface area contributed by atoms with Gasteiger partial charge in [0.15, 0.2) is 18.1 Å². The van der Waals surface area contributed by atoms with Crippen LogP contribution < -0.4 is 18.9 Å². The lowest BCUT2D eigenvalue weighted by atomic mass is 10.1. The van der Waals surface area contributed by atoms with Crippen molar-refractivity contribution in [2.75, 3.05) is 34.0 Å². The average Bonchev–Trinajstić information content (AvgIpc) is 3.15. The molecule has 8 heteroatoms. The molecular formula is C25H25NO7. The van der Waals surface area contributed by atoms with E-state index in [1.165, 1.54) is 14.2 Å². The third-order valence-electron chi connectivity index (χ3n) is 5.48. The first-order valence-electron chi connectivity index (χ1n) is 10.4. The van der Waals surface area contributed by atoms with Crippen LogP contribution in [0.25, 0.3) is 5.69 Å². The quantitative estimate of drug-likeness (QED) is 0.398. The molecule has 0 saturated carbocycles. The molecular weight excluding hydrogens is 426 g/mol. The number of methoxy groups -OCH3 is 2. The molecule has 0 spiro atoms. The Balaban J connectivity index is 1.54. The van der Waals surface area contributed by atoms with Crippen LogP contribution in [0.2, 0.25) is 0 Å². The Morgan fingerprint density at radius 1 is 0.939 bits per heavy atom. The van der Waals surface area contributed by atoms with Crippen LogP contribution in [0.3, 0.4) is 0 Å². The van der Waals surface area contributed by atoms with Gasteiger partial charge in [0.2, 0.25) is 5.78 Å². The summed E-state index contributed by atoms with van der Waals surface area (Å²) in [5.41, 5.74) is 3.06. The first kappa shape index (κ1) is 22.3. The van der Waals surface area contributed by atoms with Gasteiger partial charge in [0.05, 0.1) is 14.2 Å². The molecule has 0 N–H and O–H groups in total. The zero-order valence-corrected chi connectivity index (χ0v) is 19.0. The number of hydrogen-bond acceptors (Lipinski definition) is 7. The number of carbonyl (C=O) groups excluding carboxylic acids is 2. The van der Waals surface area contributed by atoms with Crippen molar-refractivity contribution >= 4 is 11.8 Å².